The topological polar surface area (TPSA) is 36.9 Å². The van der Waals surface area contributed by atoms with Gasteiger partial charge in [-0.3, -0.25) is 0 Å². The second-order valence-electron chi connectivity index (χ2n) is 10.2. The fourth-order valence-corrected chi connectivity index (χ4v) is 3.55. The molecule has 0 aliphatic carbocycles. The molecule has 0 radical (unpaired) electrons. The van der Waals surface area contributed by atoms with Gasteiger partial charge in [-0.1, -0.05) is 31.8 Å². The van der Waals surface area contributed by atoms with E-state index in [2.05, 4.69) is 62.0 Å². The summed E-state index contributed by atoms with van der Waals surface area (Å²) in [5.74, 6) is 0. The first-order valence-electron chi connectivity index (χ1n) is 10.7. The Kier molecular flexibility index (Phi) is 7.00. The molecule has 6 heteroatoms. The van der Waals surface area contributed by atoms with E-state index in [1.807, 2.05) is 6.08 Å². The van der Waals surface area contributed by atoms with Crippen LogP contribution in [0, 0.1) is 0 Å². The fourth-order valence-electron chi connectivity index (χ4n) is 3.55. The summed E-state index contributed by atoms with van der Waals surface area (Å²) in [6, 6.07) is 0. The van der Waals surface area contributed by atoms with E-state index in [1.165, 1.54) is 19.3 Å². The predicted molar refractivity (Wildman–Crippen MR) is 114 cm³/mol. The number of hydrogen-bond donors (Lipinski definition) is 0. The van der Waals surface area contributed by atoms with Crippen molar-refractivity contribution in [2.24, 2.45) is 0 Å². The van der Waals surface area contributed by atoms with E-state index in [1.54, 1.807) is 0 Å². The molecule has 0 aromatic heterocycles. The lowest BCUT2D eigenvalue weighted by Gasteiger charge is -2.32. The van der Waals surface area contributed by atoms with Crippen LogP contribution in [0.1, 0.15) is 93.9 Å². The SMILES string of the molecule is C=CCCCCCCC(B1OC(C)(C)C(C)(C)O1)B1OC(C)(C)C(C)(C)O1. The number of rotatable bonds is 9. The highest BCUT2D eigenvalue weighted by Gasteiger charge is 2.61. The molecule has 2 aliphatic heterocycles. The quantitative estimate of drug-likeness (QED) is 0.297. The first-order chi connectivity index (χ1) is 12.3. The minimum atomic E-state index is -0.344. The molecule has 2 saturated heterocycles. The fraction of sp³-hybridized carbons (Fsp3) is 0.905. The van der Waals surface area contributed by atoms with E-state index >= 15 is 0 Å². The summed E-state index contributed by atoms with van der Waals surface area (Å²) in [6.45, 7) is 20.6. The molecule has 0 atom stereocenters. The van der Waals surface area contributed by atoms with Crippen LogP contribution < -0.4 is 0 Å². The predicted octanol–water partition coefficient (Wildman–Crippen LogP) is 5.61. The Morgan fingerprint density at radius 3 is 1.41 bits per heavy atom. The average molecular weight is 378 g/mol. The number of unbranched alkanes of at least 4 members (excludes halogenated alkanes) is 4. The summed E-state index contributed by atoms with van der Waals surface area (Å²) in [7, 11) is -0.615. The minimum absolute atomic E-state index is 0.0616. The maximum Gasteiger partial charge on any atom is 0.458 e. The number of allylic oxidation sites excluding steroid dienone is 1. The maximum absolute atomic E-state index is 6.38. The van der Waals surface area contributed by atoms with Gasteiger partial charge in [-0.25, -0.2) is 0 Å². The third-order valence-electron chi connectivity index (χ3n) is 6.94. The first-order valence-corrected chi connectivity index (χ1v) is 10.7. The Labute approximate surface area is 168 Å². The van der Waals surface area contributed by atoms with Crippen LogP contribution in [0.3, 0.4) is 0 Å². The highest BCUT2D eigenvalue weighted by atomic mass is 16.7. The molecule has 0 aromatic rings. The van der Waals surface area contributed by atoms with Gasteiger partial charge in [-0.2, -0.15) is 0 Å². The zero-order valence-corrected chi connectivity index (χ0v) is 18.9. The lowest BCUT2D eigenvalue weighted by atomic mass is 9.50. The van der Waals surface area contributed by atoms with Gasteiger partial charge in [0.2, 0.25) is 0 Å². The van der Waals surface area contributed by atoms with E-state index in [0.717, 1.165) is 19.3 Å². The molecule has 0 N–H and O–H groups in total. The molecule has 2 heterocycles. The highest BCUT2D eigenvalue weighted by Crippen LogP contribution is 2.46. The molecule has 154 valence electrons. The average Bonchev–Trinajstić information content (AvgIpc) is 2.85. The lowest BCUT2D eigenvalue weighted by molar-refractivity contribution is 0.00578. The van der Waals surface area contributed by atoms with Gasteiger partial charge >= 0.3 is 14.2 Å². The van der Waals surface area contributed by atoms with Crippen molar-refractivity contribution in [1.82, 2.24) is 0 Å². The highest BCUT2D eigenvalue weighted by molar-refractivity contribution is 6.68. The second kappa shape index (κ2) is 8.22. The van der Waals surface area contributed by atoms with Crippen molar-refractivity contribution in [2.75, 3.05) is 0 Å². The van der Waals surface area contributed by atoms with Crippen LogP contribution >= 0.6 is 0 Å². The van der Waals surface area contributed by atoms with E-state index in [0.29, 0.717) is 0 Å². The molecule has 0 unspecified atom stereocenters. The Hall–Kier alpha value is -0.290. The van der Waals surface area contributed by atoms with Gasteiger partial charge < -0.3 is 18.6 Å². The lowest BCUT2D eigenvalue weighted by Crippen LogP contribution is -2.41. The molecular formula is C21H40B2O4. The van der Waals surface area contributed by atoms with Gasteiger partial charge in [0.15, 0.2) is 0 Å². The van der Waals surface area contributed by atoms with Crippen LogP contribution in [-0.4, -0.2) is 36.6 Å². The molecule has 0 aromatic carbocycles. The van der Waals surface area contributed by atoms with E-state index in [9.17, 15) is 0 Å². The standard InChI is InChI=1S/C21H40B2O4/c1-10-11-12-13-14-15-16-17(22-24-18(2,3)19(4,5)25-22)23-26-20(6,7)21(8,9)27-23/h10,17H,1,11-16H2,2-9H3. The Bertz CT molecular complexity index is 448. The van der Waals surface area contributed by atoms with Crippen LogP contribution in [0.4, 0.5) is 0 Å². The molecule has 0 spiro atoms. The maximum atomic E-state index is 6.38. The van der Waals surface area contributed by atoms with Crippen molar-refractivity contribution < 1.29 is 18.6 Å². The summed E-state index contributed by atoms with van der Waals surface area (Å²) < 4.78 is 25.5. The van der Waals surface area contributed by atoms with Gasteiger partial charge in [0.25, 0.3) is 0 Å². The molecular weight excluding hydrogens is 338 g/mol. The van der Waals surface area contributed by atoms with Gasteiger partial charge in [-0.15, -0.1) is 6.58 Å². The molecule has 2 rings (SSSR count). The number of hydrogen-bond acceptors (Lipinski definition) is 4. The molecule has 0 amide bonds. The van der Waals surface area contributed by atoms with Crippen molar-refractivity contribution >= 4 is 14.2 Å². The molecule has 4 nitrogen and oxygen atoms in total. The molecule has 2 fully saturated rings. The van der Waals surface area contributed by atoms with Crippen molar-refractivity contribution in [3.63, 3.8) is 0 Å². The third kappa shape index (κ3) is 5.01. The summed E-state index contributed by atoms with van der Waals surface area (Å²) in [5.41, 5.74) is -1.31. The first kappa shape index (κ1) is 23.0. The van der Waals surface area contributed by atoms with Crippen molar-refractivity contribution in [3.8, 4) is 0 Å². The van der Waals surface area contributed by atoms with Gasteiger partial charge in [0.05, 0.1) is 22.4 Å². The summed E-state index contributed by atoms with van der Waals surface area (Å²) in [6.07, 6.45) is 8.82. The molecule has 0 saturated carbocycles. The zero-order valence-electron chi connectivity index (χ0n) is 18.9. The third-order valence-corrected chi connectivity index (χ3v) is 6.94. The van der Waals surface area contributed by atoms with Crippen LogP contribution in [0.15, 0.2) is 12.7 Å². The summed E-state index contributed by atoms with van der Waals surface area (Å²) >= 11 is 0. The van der Waals surface area contributed by atoms with Crippen molar-refractivity contribution in [3.05, 3.63) is 12.7 Å². The van der Waals surface area contributed by atoms with Crippen molar-refractivity contribution in [2.45, 2.75) is 122 Å². The Morgan fingerprint density at radius 1 is 0.667 bits per heavy atom. The summed E-state index contributed by atoms with van der Waals surface area (Å²) in [5, 5.41) is 0. The minimum Gasteiger partial charge on any atom is -0.403 e. The van der Waals surface area contributed by atoms with Gasteiger partial charge in [-0.05, 0) is 68.2 Å². The van der Waals surface area contributed by atoms with E-state index in [4.69, 9.17) is 18.6 Å². The Morgan fingerprint density at radius 2 is 1.04 bits per heavy atom. The smallest absolute Gasteiger partial charge is 0.403 e. The zero-order chi connectivity index (χ0) is 20.5. The van der Waals surface area contributed by atoms with Gasteiger partial charge in [0, 0.05) is 5.72 Å². The molecule has 0 bridgehead atoms. The monoisotopic (exact) mass is 378 g/mol. The van der Waals surface area contributed by atoms with Crippen LogP contribution in [0.2, 0.25) is 5.72 Å². The van der Waals surface area contributed by atoms with Crippen molar-refractivity contribution in [1.29, 1.82) is 0 Å². The van der Waals surface area contributed by atoms with Crippen LogP contribution in [0.25, 0.3) is 0 Å². The largest absolute Gasteiger partial charge is 0.458 e. The molecule has 27 heavy (non-hydrogen) atoms. The van der Waals surface area contributed by atoms with Crippen LogP contribution in [0.5, 0.6) is 0 Å². The van der Waals surface area contributed by atoms with E-state index < -0.39 is 0 Å². The second-order valence-corrected chi connectivity index (χ2v) is 10.2. The summed E-state index contributed by atoms with van der Waals surface area (Å²) in [4.78, 5) is 0. The van der Waals surface area contributed by atoms with Crippen LogP contribution in [-0.2, 0) is 18.6 Å². The molecule has 2 aliphatic rings. The Balaban J connectivity index is 2.07. The normalized spacial score (nSPS) is 25.4. The van der Waals surface area contributed by atoms with Gasteiger partial charge in [0.1, 0.15) is 0 Å². The van der Waals surface area contributed by atoms with E-state index in [-0.39, 0.29) is 42.4 Å².